The molecule has 0 heterocycles. The maximum Gasteiger partial charge on any atom is 0.279 e. The van der Waals surface area contributed by atoms with E-state index in [9.17, 15) is 19.2 Å². The second-order valence-electron chi connectivity index (χ2n) is 4.12. The zero-order valence-electron chi connectivity index (χ0n) is 11.4. The number of amides is 2. The number of nitrogens with zero attached hydrogens (tertiary/aromatic N) is 1. The van der Waals surface area contributed by atoms with Crippen LogP contribution < -0.4 is 5.32 Å². The summed E-state index contributed by atoms with van der Waals surface area (Å²) < 4.78 is 12.4. The van der Waals surface area contributed by atoms with Crippen molar-refractivity contribution < 1.29 is 19.2 Å². The molecule has 8 heteroatoms. The van der Waals surface area contributed by atoms with Crippen LogP contribution >= 0.6 is 23.2 Å². The van der Waals surface area contributed by atoms with Crippen molar-refractivity contribution >= 4 is 41.1 Å². The Bertz CT molecular complexity index is 620. The third-order valence-electron chi connectivity index (χ3n) is 2.48. The van der Waals surface area contributed by atoms with Crippen LogP contribution in [0.1, 0.15) is 5.56 Å². The summed E-state index contributed by atoms with van der Waals surface area (Å²) in [5, 5.41) is 12.8. The average Bonchev–Trinajstić information content (AvgIpc) is 2.45. The highest BCUT2D eigenvalue weighted by Crippen LogP contribution is 2.21. The lowest BCUT2D eigenvalue weighted by atomic mass is 10.2. The van der Waals surface area contributed by atoms with E-state index < -0.39 is 17.6 Å². The van der Waals surface area contributed by atoms with E-state index in [1.54, 1.807) is 12.1 Å². The Morgan fingerprint density at radius 2 is 2.09 bits per heavy atom. The Hall–Kier alpha value is -1.89. The molecule has 1 aromatic carbocycles. The highest BCUT2D eigenvalue weighted by molar-refractivity contribution is 6.35. The van der Waals surface area contributed by atoms with Gasteiger partial charge in [-0.2, -0.15) is 0 Å². The van der Waals surface area contributed by atoms with E-state index in [4.69, 9.17) is 23.2 Å². The van der Waals surface area contributed by atoms with Crippen LogP contribution in [0.5, 0.6) is 0 Å². The molecule has 118 valence electrons. The Balaban J connectivity index is 2.51. The van der Waals surface area contributed by atoms with Gasteiger partial charge in [0.15, 0.2) is 5.83 Å². The Kier molecular flexibility index (Phi) is 7.04. The van der Waals surface area contributed by atoms with E-state index in [-0.39, 0.29) is 13.1 Å². The molecule has 0 bridgehead atoms. The number of nitrogens with one attached hydrogen (secondary N) is 1. The van der Waals surface area contributed by atoms with E-state index in [2.05, 4.69) is 11.9 Å². The summed E-state index contributed by atoms with van der Waals surface area (Å²) in [5.74, 6) is -2.86. The van der Waals surface area contributed by atoms with Crippen molar-refractivity contribution in [2.24, 2.45) is 0 Å². The van der Waals surface area contributed by atoms with Crippen molar-refractivity contribution in [3.63, 3.8) is 0 Å². The van der Waals surface area contributed by atoms with Gasteiger partial charge in [0.1, 0.15) is 0 Å². The smallest absolute Gasteiger partial charge is 0.279 e. The van der Waals surface area contributed by atoms with Crippen molar-refractivity contribution in [1.29, 1.82) is 0 Å². The highest BCUT2D eigenvalue weighted by Gasteiger charge is 2.09. The first-order chi connectivity index (χ1) is 10.3. The van der Waals surface area contributed by atoms with Gasteiger partial charge >= 0.3 is 0 Å². The normalized spacial score (nSPS) is 10.5. The number of carbonyl (C=O) groups is 2. The molecular formula is C14H13Cl2FN2O3. The van der Waals surface area contributed by atoms with Crippen molar-refractivity contribution in [3.8, 4) is 0 Å². The molecule has 22 heavy (non-hydrogen) atoms. The summed E-state index contributed by atoms with van der Waals surface area (Å²) in [6.45, 7) is 2.47. The minimum atomic E-state index is -1.15. The molecule has 0 aromatic heterocycles. The maximum atomic E-state index is 12.4. The van der Waals surface area contributed by atoms with Gasteiger partial charge in [0.05, 0.1) is 6.54 Å². The van der Waals surface area contributed by atoms with Crippen molar-refractivity contribution in [3.05, 3.63) is 52.3 Å². The van der Waals surface area contributed by atoms with Gasteiger partial charge < -0.3 is 5.32 Å². The number of rotatable bonds is 6. The minimum Gasteiger partial charge on any atom is -0.348 e. The SMILES string of the molecule is C=C(F)C(=O)NCCN(O)C(=O)/C=C/c1ccc(Cl)cc1Cl. The van der Waals surface area contributed by atoms with Crippen LogP contribution in [0.15, 0.2) is 36.7 Å². The second kappa shape index (κ2) is 8.53. The van der Waals surface area contributed by atoms with Gasteiger partial charge in [0.25, 0.3) is 11.8 Å². The Labute approximate surface area is 136 Å². The van der Waals surface area contributed by atoms with E-state index >= 15 is 0 Å². The van der Waals surface area contributed by atoms with E-state index in [1.807, 2.05) is 0 Å². The van der Waals surface area contributed by atoms with Gasteiger partial charge in [-0.1, -0.05) is 35.8 Å². The summed E-state index contributed by atoms with van der Waals surface area (Å²) in [5.41, 5.74) is 0.551. The number of carbonyl (C=O) groups excluding carboxylic acids is 2. The first kappa shape index (κ1) is 18.2. The highest BCUT2D eigenvalue weighted by atomic mass is 35.5. The monoisotopic (exact) mass is 346 g/mol. The average molecular weight is 347 g/mol. The lowest BCUT2D eigenvalue weighted by Gasteiger charge is -2.12. The molecule has 1 aromatic rings. The molecule has 2 N–H and O–H groups in total. The standard InChI is InChI=1S/C14H13Cl2FN2O3/c1-9(17)14(21)18-6-7-19(22)13(20)5-3-10-2-4-11(15)8-12(10)16/h2-5,8,22H,1,6-7H2,(H,18,21)/b5-3+. The molecule has 0 saturated carbocycles. The maximum absolute atomic E-state index is 12.4. The number of hydroxylamine groups is 2. The summed E-state index contributed by atoms with van der Waals surface area (Å²) in [6.07, 6.45) is 2.51. The van der Waals surface area contributed by atoms with Crippen LogP contribution in [-0.2, 0) is 9.59 Å². The predicted molar refractivity (Wildman–Crippen MR) is 82.3 cm³/mol. The van der Waals surface area contributed by atoms with Crippen LogP contribution in [0.4, 0.5) is 4.39 Å². The zero-order chi connectivity index (χ0) is 16.7. The number of halogens is 3. The molecular weight excluding hydrogens is 334 g/mol. The van der Waals surface area contributed by atoms with Crippen LogP contribution in [0.25, 0.3) is 6.08 Å². The minimum absolute atomic E-state index is 0.125. The molecule has 0 atom stereocenters. The zero-order valence-corrected chi connectivity index (χ0v) is 12.9. The summed E-state index contributed by atoms with van der Waals surface area (Å²) >= 11 is 11.7. The first-order valence-electron chi connectivity index (χ1n) is 6.07. The third kappa shape index (κ3) is 5.85. The van der Waals surface area contributed by atoms with Crippen LogP contribution in [-0.4, -0.2) is 35.2 Å². The van der Waals surface area contributed by atoms with Crippen LogP contribution in [0, 0.1) is 0 Å². The van der Waals surface area contributed by atoms with Crippen LogP contribution in [0.2, 0.25) is 10.0 Å². The fourth-order valence-electron chi connectivity index (χ4n) is 1.37. The van der Waals surface area contributed by atoms with Gasteiger partial charge in [-0.05, 0) is 23.8 Å². The second-order valence-corrected chi connectivity index (χ2v) is 4.96. The molecule has 0 aliphatic rings. The van der Waals surface area contributed by atoms with E-state index in [1.165, 1.54) is 12.1 Å². The van der Waals surface area contributed by atoms with Gasteiger partial charge in [-0.3, -0.25) is 14.8 Å². The Morgan fingerprint density at radius 3 is 2.68 bits per heavy atom. The van der Waals surface area contributed by atoms with Crippen molar-refractivity contribution in [2.45, 2.75) is 0 Å². The molecule has 2 amide bonds. The van der Waals surface area contributed by atoms with Gasteiger partial charge in [-0.25, -0.2) is 9.45 Å². The fraction of sp³-hybridized carbons (Fsp3) is 0.143. The van der Waals surface area contributed by atoms with Gasteiger partial charge in [-0.15, -0.1) is 0 Å². The third-order valence-corrected chi connectivity index (χ3v) is 3.04. The number of benzene rings is 1. The molecule has 5 nitrogen and oxygen atoms in total. The van der Waals surface area contributed by atoms with Crippen molar-refractivity contribution in [2.75, 3.05) is 13.1 Å². The summed E-state index contributed by atoms with van der Waals surface area (Å²) in [4.78, 5) is 22.5. The lowest BCUT2D eigenvalue weighted by Crippen LogP contribution is -2.35. The number of hydrogen-bond donors (Lipinski definition) is 2. The largest absolute Gasteiger partial charge is 0.348 e. The van der Waals surface area contributed by atoms with Gasteiger partial charge in [0.2, 0.25) is 0 Å². The molecule has 0 saturated heterocycles. The Morgan fingerprint density at radius 1 is 1.41 bits per heavy atom. The molecule has 1 rings (SSSR count). The topological polar surface area (TPSA) is 69.6 Å². The van der Waals surface area contributed by atoms with E-state index in [0.29, 0.717) is 20.7 Å². The lowest BCUT2D eigenvalue weighted by molar-refractivity contribution is -0.159. The predicted octanol–water partition coefficient (Wildman–Crippen LogP) is 2.82. The summed E-state index contributed by atoms with van der Waals surface area (Å²) in [6, 6.07) is 4.74. The molecule has 0 spiro atoms. The number of hydrogen-bond acceptors (Lipinski definition) is 3. The molecule has 0 aliphatic heterocycles. The molecule has 0 unspecified atom stereocenters. The first-order valence-corrected chi connectivity index (χ1v) is 6.83. The molecule has 0 radical (unpaired) electrons. The van der Waals surface area contributed by atoms with Crippen molar-refractivity contribution in [1.82, 2.24) is 10.4 Å². The molecule has 0 aliphatic carbocycles. The molecule has 0 fully saturated rings. The van der Waals surface area contributed by atoms with E-state index in [0.717, 1.165) is 6.08 Å². The van der Waals surface area contributed by atoms with Crippen LogP contribution in [0.3, 0.4) is 0 Å². The summed E-state index contributed by atoms with van der Waals surface area (Å²) in [7, 11) is 0. The quantitative estimate of drug-likeness (QED) is 0.472. The van der Waals surface area contributed by atoms with Gasteiger partial charge in [0, 0.05) is 22.7 Å². The fourth-order valence-corrected chi connectivity index (χ4v) is 1.84.